The van der Waals surface area contributed by atoms with E-state index in [-0.39, 0.29) is 10.6 Å². The van der Waals surface area contributed by atoms with Gasteiger partial charge in [0.2, 0.25) is 11.8 Å². The Balaban J connectivity index is 2.25. The second kappa shape index (κ2) is 7.95. The Hall–Kier alpha value is -2.98. The zero-order chi connectivity index (χ0) is 21.2. The number of anilines is 1. The van der Waals surface area contributed by atoms with Gasteiger partial charge < -0.3 is 10.6 Å². The molecule has 10 heteroatoms. The van der Waals surface area contributed by atoms with Crippen molar-refractivity contribution in [2.24, 2.45) is 11.3 Å². The van der Waals surface area contributed by atoms with E-state index in [0.29, 0.717) is 6.07 Å². The molecule has 2 N–H and O–H groups in total. The van der Waals surface area contributed by atoms with E-state index < -0.39 is 51.5 Å². The first kappa shape index (κ1) is 21.3. The molecule has 1 heterocycles. The summed E-state index contributed by atoms with van der Waals surface area (Å²) < 4.78 is 40.0. The molecule has 2 atom stereocenters. The minimum absolute atomic E-state index is 0.109. The van der Waals surface area contributed by atoms with Crippen LogP contribution in [-0.2, 0) is 9.59 Å². The maximum absolute atomic E-state index is 13.7. The first-order valence-electron chi connectivity index (χ1n) is 8.00. The number of carbonyl (C=O) groups excluding carboxylic acids is 2. The molecule has 1 aromatic carbocycles. The summed E-state index contributed by atoms with van der Waals surface area (Å²) in [7, 11) is 0. The van der Waals surface area contributed by atoms with Crippen LogP contribution in [-0.4, -0.2) is 17.1 Å². The third kappa shape index (κ3) is 3.82. The minimum atomic E-state index is -1.71. The highest BCUT2D eigenvalue weighted by molar-refractivity contribution is 8.04. The van der Waals surface area contributed by atoms with Gasteiger partial charge in [-0.15, -0.1) is 0 Å². The van der Waals surface area contributed by atoms with Crippen molar-refractivity contribution in [2.75, 3.05) is 5.32 Å². The third-order valence-corrected chi connectivity index (χ3v) is 5.40. The summed E-state index contributed by atoms with van der Waals surface area (Å²) in [6.45, 7) is 4.57. The van der Waals surface area contributed by atoms with Gasteiger partial charge in [-0.1, -0.05) is 25.6 Å². The molecule has 28 heavy (non-hydrogen) atoms. The fourth-order valence-corrected chi connectivity index (χ4v) is 3.71. The van der Waals surface area contributed by atoms with Crippen LogP contribution in [0.15, 0.2) is 22.7 Å². The summed E-state index contributed by atoms with van der Waals surface area (Å²) in [4.78, 5) is 24.5. The number of allylic oxidation sites excluding steroid dienone is 1. The molecule has 1 aliphatic rings. The number of halogens is 3. The van der Waals surface area contributed by atoms with Crippen molar-refractivity contribution in [2.45, 2.75) is 26.0 Å². The molecule has 1 aliphatic heterocycles. The van der Waals surface area contributed by atoms with Crippen molar-refractivity contribution < 1.29 is 22.8 Å². The molecular formula is C18H15F3N4O2S. The predicted molar refractivity (Wildman–Crippen MR) is 95.7 cm³/mol. The molecule has 6 nitrogen and oxygen atoms in total. The zero-order valence-electron chi connectivity index (χ0n) is 15.1. The average Bonchev–Trinajstić information content (AvgIpc) is 2.61. The van der Waals surface area contributed by atoms with E-state index in [1.165, 1.54) is 6.92 Å². The van der Waals surface area contributed by atoms with Crippen LogP contribution >= 0.6 is 11.8 Å². The molecule has 0 aliphatic carbocycles. The second-order valence-corrected chi connectivity index (χ2v) is 7.91. The summed E-state index contributed by atoms with van der Waals surface area (Å²) in [6.07, 6.45) is 0. The summed E-state index contributed by atoms with van der Waals surface area (Å²) in [5.74, 6) is -7.07. The smallest absolute Gasteiger partial charge is 0.243 e. The van der Waals surface area contributed by atoms with Crippen molar-refractivity contribution in [1.29, 1.82) is 10.5 Å². The molecule has 0 saturated heterocycles. The molecular weight excluding hydrogens is 393 g/mol. The Morgan fingerprint density at radius 1 is 1.29 bits per heavy atom. The fourth-order valence-electron chi connectivity index (χ4n) is 2.60. The van der Waals surface area contributed by atoms with Crippen molar-refractivity contribution in [3.8, 4) is 12.1 Å². The largest absolute Gasteiger partial charge is 0.323 e. The van der Waals surface area contributed by atoms with Crippen LogP contribution in [0.25, 0.3) is 0 Å². The van der Waals surface area contributed by atoms with Gasteiger partial charge in [-0.3, -0.25) is 9.59 Å². The van der Waals surface area contributed by atoms with Crippen molar-refractivity contribution in [3.63, 3.8) is 0 Å². The van der Waals surface area contributed by atoms with Gasteiger partial charge >= 0.3 is 0 Å². The van der Waals surface area contributed by atoms with Crippen LogP contribution in [0.2, 0.25) is 0 Å². The number of rotatable bonds is 4. The van der Waals surface area contributed by atoms with Gasteiger partial charge in [-0.2, -0.15) is 10.5 Å². The van der Waals surface area contributed by atoms with Crippen LogP contribution in [0.5, 0.6) is 0 Å². The maximum atomic E-state index is 13.7. The number of thioether (sulfide) groups is 1. The molecule has 1 aromatic rings. The Kier molecular flexibility index (Phi) is 6.05. The quantitative estimate of drug-likeness (QED) is 0.745. The number of carbonyl (C=O) groups is 2. The van der Waals surface area contributed by atoms with Crippen LogP contribution in [0.4, 0.5) is 18.9 Å². The summed E-state index contributed by atoms with van der Waals surface area (Å²) >= 11 is 0.826. The number of nitrogens with one attached hydrogen (secondary N) is 2. The van der Waals surface area contributed by atoms with Crippen molar-refractivity contribution in [3.05, 3.63) is 40.2 Å². The standard InChI is InChI=1S/C18H15F3N4O2S/c1-8(15(26)24-12-5-4-11(19)13(20)14(12)21)28-17-10(7-23)18(2,3)9(6-22)16(27)25-17/h4-5,8-9H,1-3H3,(H,24,26)(H,25,27)/t8-,9+/m0/s1. The third-order valence-electron chi connectivity index (χ3n) is 4.29. The summed E-state index contributed by atoms with van der Waals surface area (Å²) in [6, 6.07) is 5.37. The zero-order valence-corrected chi connectivity index (χ0v) is 15.9. The monoisotopic (exact) mass is 408 g/mol. The van der Waals surface area contributed by atoms with E-state index in [1.54, 1.807) is 13.8 Å². The van der Waals surface area contributed by atoms with Crippen LogP contribution < -0.4 is 10.6 Å². The van der Waals surface area contributed by atoms with Crippen molar-refractivity contribution in [1.82, 2.24) is 5.32 Å². The first-order valence-corrected chi connectivity index (χ1v) is 8.88. The Morgan fingerprint density at radius 2 is 1.93 bits per heavy atom. The molecule has 0 spiro atoms. The predicted octanol–water partition coefficient (Wildman–Crippen LogP) is 3.20. The lowest BCUT2D eigenvalue weighted by molar-refractivity contribution is -0.125. The van der Waals surface area contributed by atoms with E-state index in [4.69, 9.17) is 0 Å². The molecule has 0 bridgehead atoms. The first-order chi connectivity index (χ1) is 13.0. The fraction of sp³-hybridized carbons (Fsp3) is 0.333. The highest BCUT2D eigenvalue weighted by Gasteiger charge is 2.45. The van der Waals surface area contributed by atoms with Gasteiger partial charge in [0.25, 0.3) is 0 Å². The minimum Gasteiger partial charge on any atom is -0.323 e. The molecule has 0 unspecified atom stereocenters. The molecule has 0 saturated carbocycles. The SMILES string of the molecule is C[C@H](SC1=C(C#N)C(C)(C)[C@H](C#N)C(=O)N1)C(=O)Nc1ccc(F)c(F)c1F. The van der Waals surface area contributed by atoms with E-state index in [0.717, 1.165) is 17.8 Å². The van der Waals surface area contributed by atoms with Gasteiger partial charge in [0, 0.05) is 5.41 Å². The van der Waals surface area contributed by atoms with Gasteiger partial charge in [0.15, 0.2) is 17.5 Å². The Bertz CT molecular complexity index is 963. The van der Waals surface area contributed by atoms with E-state index in [9.17, 15) is 33.3 Å². The lowest BCUT2D eigenvalue weighted by Gasteiger charge is -2.35. The summed E-state index contributed by atoms with van der Waals surface area (Å²) in [5, 5.41) is 22.4. The van der Waals surface area contributed by atoms with Crippen LogP contribution in [0, 0.1) is 51.4 Å². The van der Waals surface area contributed by atoms with Gasteiger partial charge in [-0.25, -0.2) is 13.2 Å². The number of hydrogen-bond donors (Lipinski definition) is 2. The number of nitriles is 2. The second-order valence-electron chi connectivity index (χ2n) is 6.56. The normalized spacial score (nSPS) is 19.3. The van der Waals surface area contributed by atoms with Crippen LogP contribution in [0.1, 0.15) is 20.8 Å². The lowest BCUT2D eigenvalue weighted by Crippen LogP contribution is -2.45. The van der Waals surface area contributed by atoms with Gasteiger partial charge in [0.05, 0.1) is 33.7 Å². The Morgan fingerprint density at radius 3 is 2.50 bits per heavy atom. The molecule has 146 valence electrons. The number of amides is 2. The number of nitrogens with zero attached hydrogens (tertiary/aromatic N) is 2. The average molecular weight is 408 g/mol. The highest BCUT2D eigenvalue weighted by Crippen LogP contribution is 2.42. The molecule has 0 aromatic heterocycles. The molecule has 0 radical (unpaired) electrons. The van der Waals surface area contributed by atoms with Gasteiger partial charge in [0.1, 0.15) is 5.92 Å². The van der Waals surface area contributed by atoms with E-state index >= 15 is 0 Å². The molecule has 2 rings (SSSR count). The van der Waals surface area contributed by atoms with Gasteiger partial charge in [-0.05, 0) is 19.1 Å². The Labute approximate surface area is 163 Å². The number of hydrogen-bond acceptors (Lipinski definition) is 5. The van der Waals surface area contributed by atoms with Crippen molar-refractivity contribution >= 4 is 29.3 Å². The molecule has 0 fully saturated rings. The maximum Gasteiger partial charge on any atom is 0.243 e. The van der Waals surface area contributed by atoms with Crippen LogP contribution in [0.3, 0.4) is 0 Å². The van der Waals surface area contributed by atoms with E-state index in [1.807, 2.05) is 12.1 Å². The number of benzene rings is 1. The van der Waals surface area contributed by atoms with E-state index in [2.05, 4.69) is 10.6 Å². The topological polar surface area (TPSA) is 106 Å². The molecule has 2 amide bonds. The highest BCUT2D eigenvalue weighted by atomic mass is 32.2. The lowest BCUT2D eigenvalue weighted by atomic mass is 9.72. The summed E-state index contributed by atoms with van der Waals surface area (Å²) in [5.41, 5.74) is -1.48.